The van der Waals surface area contributed by atoms with Crippen LogP contribution in [0.25, 0.3) is 0 Å². The quantitative estimate of drug-likeness (QED) is 0.650. The van der Waals surface area contributed by atoms with Crippen LogP contribution in [0.15, 0.2) is 60.8 Å². The monoisotopic (exact) mass is 382 g/mol. The molecule has 0 aliphatic carbocycles. The second-order valence-electron chi connectivity index (χ2n) is 5.42. The summed E-state index contributed by atoms with van der Waals surface area (Å²) in [4.78, 5) is 32.1. The van der Waals surface area contributed by atoms with Crippen molar-refractivity contribution in [1.29, 1.82) is 0 Å². The highest BCUT2D eigenvalue weighted by Gasteiger charge is 2.11. The van der Waals surface area contributed by atoms with Gasteiger partial charge in [-0.2, -0.15) is 0 Å². The Morgan fingerprint density at radius 1 is 1.04 bits per heavy atom. The van der Waals surface area contributed by atoms with Gasteiger partial charge in [0.1, 0.15) is 5.69 Å². The summed E-state index contributed by atoms with van der Waals surface area (Å²) in [5.74, 6) is -0.580. The number of carbonyl (C=O) groups excluding carboxylic acids is 2. The summed E-state index contributed by atoms with van der Waals surface area (Å²) < 4.78 is 4.64. The van der Waals surface area contributed by atoms with Gasteiger partial charge in [0.25, 0.3) is 5.91 Å². The lowest BCUT2D eigenvalue weighted by Gasteiger charge is -2.08. The number of amides is 1. The van der Waals surface area contributed by atoms with Gasteiger partial charge in [-0.25, -0.2) is 14.8 Å². The number of hydrogen-bond donors (Lipinski definition) is 2. The molecule has 0 atom stereocenters. The highest BCUT2D eigenvalue weighted by molar-refractivity contribution is 6.30. The van der Waals surface area contributed by atoms with Crippen LogP contribution in [0.3, 0.4) is 0 Å². The van der Waals surface area contributed by atoms with E-state index >= 15 is 0 Å². The second kappa shape index (κ2) is 8.29. The molecule has 0 saturated heterocycles. The molecule has 0 saturated carbocycles. The van der Waals surface area contributed by atoms with Crippen molar-refractivity contribution in [1.82, 2.24) is 9.97 Å². The summed E-state index contributed by atoms with van der Waals surface area (Å²) in [6.45, 7) is 0. The van der Waals surface area contributed by atoms with Gasteiger partial charge in [0, 0.05) is 22.6 Å². The summed E-state index contributed by atoms with van der Waals surface area (Å²) in [5, 5.41) is 6.28. The summed E-state index contributed by atoms with van der Waals surface area (Å²) in [7, 11) is 1.31. The van der Waals surface area contributed by atoms with E-state index in [2.05, 4.69) is 25.3 Å². The maximum Gasteiger partial charge on any atom is 0.337 e. The number of aromatic nitrogens is 2. The zero-order chi connectivity index (χ0) is 19.2. The van der Waals surface area contributed by atoms with Crippen molar-refractivity contribution < 1.29 is 14.3 Å². The molecule has 1 heterocycles. The topological polar surface area (TPSA) is 93.2 Å². The Labute approximate surface area is 160 Å². The molecule has 0 aliphatic rings. The zero-order valence-corrected chi connectivity index (χ0v) is 15.0. The second-order valence-corrected chi connectivity index (χ2v) is 5.86. The lowest BCUT2D eigenvalue weighted by Crippen LogP contribution is -2.15. The molecule has 2 N–H and O–H groups in total. The average molecular weight is 383 g/mol. The number of benzene rings is 2. The van der Waals surface area contributed by atoms with Crippen LogP contribution in [0.5, 0.6) is 0 Å². The minimum absolute atomic E-state index is 0.187. The first-order chi connectivity index (χ1) is 13.0. The van der Waals surface area contributed by atoms with E-state index in [1.165, 1.54) is 19.4 Å². The van der Waals surface area contributed by atoms with Crippen molar-refractivity contribution in [3.8, 4) is 0 Å². The van der Waals surface area contributed by atoms with Gasteiger partial charge < -0.3 is 15.4 Å². The summed E-state index contributed by atoms with van der Waals surface area (Å²) in [6.07, 6.45) is 1.48. The van der Waals surface area contributed by atoms with E-state index in [1.807, 2.05) is 6.07 Å². The van der Waals surface area contributed by atoms with Crippen molar-refractivity contribution in [3.63, 3.8) is 0 Å². The molecule has 0 bridgehead atoms. The number of esters is 1. The number of anilines is 3. The Morgan fingerprint density at radius 3 is 2.52 bits per heavy atom. The van der Waals surface area contributed by atoms with E-state index in [4.69, 9.17) is 11.6 Å². The highest BCUT2D eigenvalue weighted by Crippen LogP contribution is 2.18. The average Bonchev–Trinajstić information content (AvgIpc) is 2.68. The molecule has 0 fully saturated rings. The Kier molecular flexibility index (Phi) is 5.63. The van der Waals surface area contributed by atoms with Crippen molar-refractivity contribution in [2.75, 3.05) is 17.7 Å². The van der Waals surface area contributed by atoms with Crippen molar-refractivity contribution in [2.24, 2.45) is 0 Å². The zero-order valence-electron chi connectivity index (χ0n) is 14.3. The first kappa shape index (κ1) is 18.3. The van der Waals surface area contributed by atoms with Crippen LogP contribution in [0.1, 0.15) is 20.8 Å². The number of rotatable bonds is 5. The normalized spacial score (nSPS) is 10.1. The largest absolute Gasteiger partial charge is 0.465 e. The molecule has 7 nitrogen and oxygen atoms in total. The Balaban J connectivity index is 1.70. The van der Waals surface area contributed by atoms with Crippen LogP contribution in [0.4, 0.5) is 17.3 Å². The van der Waals surface area contributed by atoms with Gasteiger partial charge in [-0.15, -0.1) is 0 Å². The van der Waals surface area contributed by atoms with Gasteiger partial charge in [-0.05, 0) is 48.5 Å². The third-order valence-corrected chi connectivity index (χ3v) is 3.77. The number of methoxy groups -OCH3 is 1. The van der Waals surface area contributed by atoms with Crippen LogP contribution in [0, 0.1) is 0 Å². The molecule has 0 unspecified atom stereocenters. The molecule has 27 heavy (non-hydrogen) atoms. The summed E-state index contributed by atoms with van der Waals surface area (Å²) >= 11 is 5.95. The number of ether oxygens (including phenoxy) is 1. The van der Waals surface area contributed by atoms with Crippen LogP contribution in [-0.4, -0.2) is 29.0 Å². The Bertz CT molecular complexity index is 977. The third-order valence-electron chi connectivity index (χ3n) is 3.53. The first-order valence-corrected chi connectivity index (χ1v) is 8.28. The highest BCUT2D eigenvalue weighted by atomic mass is 35.5. The van der Waals surface area contributed by atoms with Crippen LogP contribution < -0.4 is 10.6 Å². The molecule has 1 amide bonds. The van der Waals surface area contributed by atoms with Crippen molar-refractivity contribution in [3.05, 3.63) is 77.1 Å². The van der Waals surface area contributed by atoms with E-state index < -0.39 is 11.9 Å². The Hall–Kier alpha value is -3.45. The van der Waals surface area contributed by atoms with E-state index in [0.717, 1.165) is 0 Å². The van der Waals surface area contributed by atoms with Gasteiger partial charge >= 0.3 is 5.97 Å². The van der Waals surface area contributed by atoms with Crippen molar-refractivity contribution in [2.45, 2.75) is 0 Å². The molecular formula is C19H15ClN4O3. The fourth-order valence-electron chi connectivity index (χ4n) is 2.24. The molecule has 8 heteroatoms. The van der Waals surface area contributed by atoms with E-state index in [-0.39, 0.29) is 11.6 Å². The molecule has 3 rings (SSSR count). The minimum Gasteiger partial charge on any atom is -0.465 e. The van der Waals surface area contributed by atoms with Crippen LogP contribution >= 0.6 is 11.6 Å². The maximum atomic E-state index is 12.4. The first-order valence-electron chi connectivity index (χ1n) is 7.90. The summed E-state index contributed by atoms with van der Waals surface area (Å²) in [5.41, 5.74) is 1.81. The molecule has 0 aliphatic heterocycles. The molecule has 2 aromatic carbocycles. The van der Waals surface area contributed by atoms with Gasteiger partial charge in [0.15, 0.2) is 0 Å². The minimum atomic E-state index is -0.444. The molecular weight excluding hydrogens is 368 g/mol. The van der Waals surface area contributed by atoms with E-state index in [1.54, 1.807) is 42.5 Å². The van der Waals surface area contributed by atoms with Crippen molar-refractivity contribution >= 4 is 40.8 Å². The van der Waals surface area contributed by atoms with Gasteiger partial charge in [-0.1, -0.05) is 17.7 Å². The summed E-state index contributed by atoms with van der Waals surface area (Å²) in [6, 6.07) is 14.9. The molecule has 1 aromatic heterocycles. The van der Waals surface area contributed by atoms with E-state index in [9.17, 15) is 9.59 Å². The number of halogens is 1. The maximum absolute atomic E-state index is 12.4. The molecule has 0 radical (unpaired) electrons. The predicted octanol–water partition coefficient (Wildman–Crippen LogP) is 3.91. The van der Waals surface area contributed by atoms with E-state index in [0.29, 0.717) is 22.0 Å². The lowest BCUT2D eigenvalue weighted by molar-refractivity contribution is 0.0600. The fourth-order valence-corrected chi connectivity index (χ4v) is 2.43. The van der Waals surface area contributed by atoms with Gasteiger partial charge in [-0.3, -0.25) is 4.79 Å². The lowest BCUT2D eigenvalue weighted by atomic mass is 10.2. The van der Waals surface area contributed by atoms with Gasteiger partial charge in [0.05, 0.1) is 12.7 Å². The fraction of sp³-hybridized carbons (Fsp3) is 0.0526. The third kappa shape index (κ3) is 4.80. The molecule has 136 valence electrons. The number of carbonyl (C=O) groups is 2. The number of hydrogen-bond acceptors (Lipinski definition) is 6. The van der Waals surface area contributed by atoms with Crippen LogP contribution in [0.2, 0.25) is 5.02 Å². The van der Waals surface area contributed by atoms with Crippen LogP contribution in [-0.2, 0) is 4.74 Å². The predicted molar refractivity (Wildman–Crippen MR) is 103 cm³/mol. The molecule has 0 spiro atoms. The Morgan fingerprint density at radius 2 is 1.81 bits per heavy atom. The standard InChI is InChI=1S/C19H15ClN4O3/c1-27-18(26)12-5-7-14(8-6-12)22-17(25)16-9-10-21-19(24-16)23-15-4-2-3-13(20)11-15/h2-11H,1H3,(H,22,25)(H,21,23,24). The molecule has 3 aromatic rings. The SMILES string of the molecule is COC(=O)c1ccc(NC(=O)c2ccnc(Nc3cccc(Cl)c3)n2)cc1. The smallest absolute Gasteiger partial charge is 0.337 e. The number of nitrogens with one attached hydrogen (secondary N) is 2. The number of nitrogens with zero attached hydrogens (tertiary/aromatic N) is 2. The van der Waals surface area contributed by atoms with Gasteiger partial charge in [0.2, 0.25) is 5.95 Å².